The van der Waals surface area contributed by atoms with Gasteiger partial charge in [-0.2, -0.15) is 5.10 Å². The number of para-hydroxylation sites is 1. The first-order chi connectivity index (χ1) is 16.9. The van der Waals surface area contributed by atoms with E-state index in [0.717, 1.165) is 27.4 Å². The maximum Gasteiger partial charge on any atom is 0.420 e. The van der Waals surface area contributed by atoms with Gasteiger partial charge in [0.2, 0.25) is 5.91 Å². The molecule has 0 radical (unpaired) electrons. The second-order valence-electron chi connectivity index (χ2n) is 7.94. The van der Waals surface area contributed by atoms with Gasteiger partial charge in [-0.05, 0) is 25.1 Å². The molecule has 0 atom stereocenters. The second kappa shape index (κ2) is 8.75. The number of nitro groups is 1. The summed E-state index contributed by atoms with van der Waals surface area (Å²) in [5.74, 6) is -0.846. The Morgan fingerprint density at radius 1 is 1.06 bits per heavy atom. The molecule has 0 saturated heterocycles. The fourth-order valence-corrected chi connectivity index (χ4v) is 3.75. The first-order valence-electron chi connectivity index (χ1n) is 10.7. The molecule has 0 aliphatic heterocycles. The molecule has 10 heteroatoms. The lowest BCUT2D eigenvalue weighted by Crippen LogP contribution is -2.25. The Bertz CT molecular complexity index is 1610. The van der Waals surface area contributed by atoms with Crippen molar-refractivity contribution in [2.45, 2.75) is 13.5 Å². The van der Waals surface area contributed by atoms with Gasteiger partial charge in [0, 0.05) is 17.7 Å². The zero-order valence-electron chi connectivity index (χ0n) is 18.5. The lowest BCUT2D eigenvalue weighted by molar-refractivity contribution is -0.384. The summed E-state index contributed by atoms with van der Waals surface area (Å²) in [7, 11) is 0. The van der Waals surface area contributed by atoms with Gasteiger partial charge in [-0.15, -0.1) is 0 Å². The van der Waals surface area contributed by atoms with Crippen LogP contribution in [0.3, 0.4) is 0 Å². The van der Waals surface area contributed by atoms with Gasteiger partial charge in [0.05, 0.1) is 27.9 Å². The number of oxazole rings is 1. The van der Waals surface area contributed by atoms with Crippen LogP contribution >= 0.6 is 0 Å². The molecule has 0 aliphatic rings. The number of benzene rings is 3. The van der Waals surface area contributed by atoms with E-state index in [2.05, 4.69) is 10.4 Å². The van der Waals surface area contributed by atoms with E-state index in [0.29, 0.717) is 11.5 Å². The smallest absolute Gasteiger partial charge is 0.407 e. The normalized spacial score (nSPS) is 11.0. The van der Waals surface area contributed by atoms with Crippen LogP contribution in [0, 0.1) is 17.0 Å². The lowest BCUT2D eigenvalue weighted by Gasteiger charge is -2.09. The Morgan fingerprint density at radius 2 is 1.80 bits per heavy atom. The number of anilines is 1. The van der Waals surface area contributed by atoms with Gasteiger partial charge < -0.3 is 9.73 Å². The highest BCUT2D eigenvalue weighted by molar-refractivity contribution is 5.91. The molecule has 35 heavy (non-hydrogen) atoms. The highest BCUT2D eigenvalue weighted by Crippen LogP contribution is 2.25. The molecule has 0 fully saturated rings. The summed E-state index contributed by atoms with van der Waals surface area (Å²) in [6.45, 7) is 1.65. The molecule has 10 nitrogen and oxygen atoms in total. The van der Waals surface area contributed by atoms with Crippen LogP contribution in [-0.4, -0.2) is 25.2 Å². The van der Waals surface area contributed by atoms with Gasteiger partial charge in [-0.25, -0.2) is 9.48 Å². The van der Waals surface area contributed by atoms with Crippen molar-refractivity contribution in [2.24, 2.45) is 0 Å². The van der Waals surface area contributed by atoms with Crippen LogP contribution in [0.2, 0.25) is 0 Å². The number of rotatable bonds is 6. The van der Waals surface area contributed by atoms with Gasteiger partial charge in [-0.3, -0.25) is 19.5 Å². The Kier molecular flexibility index (Phi) is 5.46. The summed E-state index contributed by atoms with van der Waals surface area (Å²) in [6.07, 6.45) is 0. The molecule has 1 N–H and O–H groups in total. The SMILES string of the molecule is Cc1ccc(-c2cc(NC(=O)Cn3c(=O)oc4cc([N+](=O)[O-])ccc43)n(-c3ccccc3)n2)cc1. The number of fused-ring (bicyclic) bond motifs is 1. The van der Waals surface area contributed by atoms with E-state index in [1.54, 1.807) is 10.7 Å². The fourth-order valence-electron chi connectivity index (χ4n) is 3.75. The van der Waals surface area contributed by atoms with Crippen molar-refractivity contribution in [3.05, 3.63) is 105 Å². The molecule has 174 valence electrons. The minimum atomic E-state index is -0.785. The van der Waals surface area contributed by atoms with Gasteiger partial charge >= 0.3 is 5.76 Å². The molecule has 0 aliphatic carbocycles. The summed E-state index contributed by atoms with van der Waals surface area (Å²) in [4.78, 5) is 35.7. The van der Waals surface area contributed by atoms with Crippen LogP contribution in [0.25, 0.3) is 28.0 Å². The fraction of sp³-hybridized carbons (Fsp3) is 0.0800. The number of carbonyl (C=O) groups is 1. The first kappa shape index (κ1) is 21.8. The monoisotopic (exact) mass is 469 g/mol. The average Bonchev–Trinajstić information content (AvgIpc) is 3.40. The zero-order chi connectivity index (χ0) is 24.5. The van der Waals surface area contributed by atoms with E-state index in [1.165, 1.54) is 12.1 Å². The molecule has 5 aromatic rings. The van der Waals surface area contributed by atoms with E-state index in [4.69, 9.17) is 4.42 Å². The van der Waals surface area contributed by atoms with Crippen LogP contribution in [0.15, 0.2) is 88.1 Å². The average molecular weight is 469 g/mol. The van der Waals surface area contributed by atoms with E-state index in [1.807, 2.05) is 61.5 Å². The number of nitrogens with one attached hydrogen (secondary N) is 1. The predicted molar refractivity (Wildman–Crippen MR) is 129 cm³/mol. The number of hydrogen-bond acceptors (Lipinski definition) is 6. The Hall–Kier alpha value is -4.99. The van der Waals surface area contributed by atoms with E-state index in [9.17, 15) is 19.7 Å². The van der Waals surface area contributed by atoms with Crippen molar-refractivity contribution in [1.29, 1.82) is 0 Å². The predicted octanol–water partition coefficient (Wildman–Crippen LogP) is 4.30. The third-order valence-corrected chi connectivity index (χ3v) is 5.49. The van der Waals surface area contributed by atoms with Crippen molar-refractivity contribution in [1.82, 2.24) is 14.3 Å². The second-order valence-corrected chi connectivity index (χ2v) is 7.94. The van der Waals surface area contributed by atoms with Crippen LogP contribution in [-0.2, 0) is 11.3 Å². The zero-order valence-corrected chi connectivity index (χ0v) is 18.5. The van der Waals surface area contributed by atoms with Crippen molar-refractivity contribution >= 4 is 28.5 Å². The third kappa shape index (κ3) is 4.32. The largest absolute Gasteiger partial charge is 0.420 e. The molecule has 0 spiro atoms. The molecule has 0 bridgehead atoms. The standard InChI is InChI=1S/C25H19N5O5/c1-16-7-9-17(10-8-16)20-14-23(29(27-20)18-5-3-2-4-6-18)26-24(31)15-28-21-12-11-19(30(33)34)13-22(21)35-25(28)32/h2-14H,15H2,1H3,(H,26,31). The minimum absolute atomic E-state index is 0.0352. The number of aromatic nitrogens is 3. The summed E-state index contributed by atoms with van der Waals surface area (Å²) in [6, 6.07) is 22.8. The summed E-state index contributed by atoms with van der Waals surface area (Å²) in [5.41, 5.74) is 3.54. The van der Waals surface area contributed by atoms with Gasteiger partial charge in [0.15, 0.2) is 5.58 Å². The molecule has 0 unspecified atom stereocenters. The first-order valence-corrected chi connectivity index (χ1v) is 10.7. The minimum Gasteiger partial charge on any atom is -0.407 e. The van der Waals surface area contributed by atoms with Crippen LogP contribution in [0.5, 0.6) is 0 Å². The van der Waals surface area contributed by atoms with Gasteiger partial charge in [0.25, 0.3) is 5.69 Å². The Labute approximate surface area is 198 Å². The van der Waals surface area contributed by atoms with Crippen LogP contribution in [0.1, 0.15) is 5.56 Å². The molecule has 5 rings (SSSR count). The van der Waals surface area contributed by atoms with Crippen molar-refractivity contribution < 1.29 is 14.1 Å². The highest BCUT2D eigenvalue weighted by atomic mass is 16.6. The van der Waals surface area contributed by atoms with Crippen molar-refractivity contribution in [3.63, 3.8) is 0 Å². The number of non-ortho nitro benzene ring substituents is 1. The summed E-state index contributed by atoms with van der Waals surface area (Å²) < 4.78 is 7.85. The molecular weight excluding hydrogens is 450 g/mol. The lowest BCUT2D eigenvalue weighted by atomic mass is 10.1. The number of hydrogen-bond donors (Lipinski definition) is 1. The van der Waals surface area contributed by atoms with Gasteiger partial charge in [-0.1, -0.05) is 48.0 Å². The Balaban J connectivity index is 1.47. The highest BCUT2D eigenvalue weighted by Gasteiger charge is 2.18. The number of nitrogens with zero attached hydrogens (tertiary/aromatic N) is 4. The number of carbonyl (C=O) groups excluding carboxylic acids is 1. The van der Waals surface area contributed by atoms with Crippen LogP contribution < -0.4 is 11.1 Å². The van der Waals surface area contributed by atoms with Crippen molar-refractivity contribution in [3.8, 4) is 16.9 Å². The van der Waals surface area contributed by atoms with E-state index < -0.39 is 16.6 Å². The van der Waals surface area contributed by atoms with Gasteiger partial charge in [0.1, 0.15) is 12.4 Å². The Morgan fingerprint density at radius 3 is 2.51 bits per heavy atom. The number of amides is 1. The third-order valence-electron chi connectivity index (χ3n) is 5.49. The topological polar surface area (TPSA) is 125 Å². The molecule has 0 saturated carbocycles. The molecule has 1 amide bonds. The maximum atomic E-state index is 13.0. The molecular formula is C25H19N5O5. The summed E-state index contributed by atoms with van der Waals surface area (Å²) >= 11 is 0. The maximum absolute atomic E-state index is 13.0. The van der Waals surface area contributed by atoms with Crippen molar-refractivity contribution in [2.75, 3.05) is 5.32 Å². The molecule has 2 aromatic heterocycles. The van der Waals surface area contributed by atoms with Crippen LogP contribution in [0.4, 0.5) is 11.5 Å². The quantitative estimate of drug-likeness (QED) is 0.292. The van der Waals surface area contributed by atoms with E-state index in [-0.39, 0.29) is 23.3 Å². The van der Waals surface area contributed by atoms with E-state index >= 15 is 0 Å². The molecule has 3 aromatic carbocycles. The molecule has 2 heterocycles. The number of nitro benzene ring substituents is 1. The summed E-state index contributed by atoms with van der Waals surface area (Å²) in [5, 5.41) is 18.5. The number of aryl methyl sites for hydroxylation is 1.